The Kier molecular flexibility index (Phi) is 6.56. The van der Waals surface area contributed by atoms with Crippen LogP contribution in [0.25, 0.3) is 11.3 Å². The molecule has 7 nitrogen and oxygen atoms in total. The van der Waals surface area contributed by atoms with Gasteiger partial charge >= 0.3 is 0 Å². The van der Waals surface area contributed by atoms with Crippen molar-refractivity contribution in [3.8, 4) is 28.5 Å². The topological polar surface area (TPSA) is 87.7 Å². The zero-order chi connectivity index (χ0) is 26.3. The molecule has 3 aromatic carbocycles. The van der Waals surface area contributed by atoms with Crippen LogP contribution in [-0.4, -0.2) is 39.8 Å². The number of ether oxygens (including phenoxy) is 2. The second-order valence-electron chi connectivity index (χ2n) is 9.11. The number of nitrogens with zero attached hydrogens (tertiary/aromatic N) is 2. The number of nitrogens with one attached hydrogen (secondary N) is 1. The monoisotopic (exact) mass is 517 g/mol. The molecule has 1 aliphatic heterocycles. The maximum absolute atomic E-state index is 13.8. The van der Waals surface area contributed by atoms with Gasteiger partial charge in [0.2, 0.25) is 0 Å². The Morgan fingerprint density at radius 2 is 1.89 bits per heavy atom. The fourth-order valence-electron chi connectivity index (χ4n) is 5.09. The van der Waals surface area contributed by atoms with Crippen molar-refractivity contribution in [1.29, 1.82) is 0 Å². The SMILES string of the molecule is CCOc1ccc(C2c3c(-c4c(C)cc(C)cc4O)n[nH]c3C(=O)N2Cc2ccccc2Cl)cc1OC. The lowest BCUT2D eigenvalue weighted by Gasteiger charge is -2.27. The van der Waals surface area contributed by atoms with Crippen LogP contribution in [0.3, 0.4) is 0 Å². The fourth-order valence-corrected chi connectivity index (χ4v) is 5.28. The standard InChI is InChI=1S/C29H28ClN3O4/c1-5-37-22-11-10-18(14-23(22)36-4)28-25-26(24-17(3)12-16(2)13-21(24)34)31-32-27(25)29(35)33(28)15-19-8-6-7-9-20(19)30/h6-14,28,34H,5,15H2,1-4H3,(H,31,32). The van der Waals surface area contributed by atoms with E-state index in [1.165, 1.54) is 0 Å². The molecular weight excluding hydrogens is 490 g/mol. The number of methoxy groups -OCH3 is 1. The highest BCUT2D eigenvalue weighted by Crippen LogP contribution is 2.47. The summed E-state index contributed by atoms with van der Waals surface area (Å²) < 4.78 is 11.3. The minimum atomic E-state index is -0.503. The second kappa shape index (κ2) is 9.82. The van der Waals surface area contributed by atoms with E-state index in [1.54, 1.807) is 18.1 Å². The summed E-state index contributed by atoms with van der Waals surface area (Å²) in [6, 6.07) is 16.3. The Morgan fingerprint density at radius 3 is 2.59 bits per heavy atom. The number of amides is 1. The molecule has 0 aliphatic carbocycles. The summed E-state index contributed by atoms with van der Waals surface area (Å²) >= 11 is 6.49. The molecule has 1 aliphatic rings. The van der Waals surface area contributed by atoms with E-state index in [2.05, 4.69) is 10.2 Å². The number of rotatable bonds is 7. The zero-order valence-corrected chi connectivity index (χ0v) is 21.9. The van der Waals surface area contributed by atoms with Crippen molar-refractivity contribution in [1.82, 2.24) is 15.1 Å². The Bertz CT molecular complexity index is 1470. The first-order valence-corrected chi connectivity index (χ1v) is 12.5. The van der Waals surface area contributed by atoms with E-state index in [1.807, 2.05) is 69.3 Å². The molecule has 1 aromatic heterocycles. The first-order chi connectivity index (χ1) is 17.8. The van der Waals surface area contributed by atoms with Gasteiger partial charge in [-0.3, -0.25) is 9.89 Å². The summed E-state index contributed by atoms with van der Waals surface area (Å²) in [7, 11) is 1.59. The summed E-state index contributed by atoms with van der Waals surface area (Å²) in [5.74, 6) is 1.11. The van der Waals surface area contributed by atoms with E-state index in [-0.39, 0.29) is 11.7 Å². The highest BCUT2D eigenvalue weighted by atomic mass is 35.5. The highest BCUT2D eigenvalue weighted by molar-refractivity contribution is 6.31. The molecule has 0 saturated carbocycles. The Balaban J connectivity index is 1.71. The molecule has 190 valence electrons. The predicted molar refractivity (Wildman–Crippen MR) is 142 cm³/mol. The average molecular weight is 518 g/mol. The number of benzene rings is 3. The molecule has 1 atom stereocenters. The van der Waals surface area contributed by atoms with E-state index in [0.717, 1.165) is 22.3 Å². The molecule has 0 bridgehead atoms. The van der Waals surface area contributed by atoms with Gasteiger partial charge in [-0.1, -0.05) is 41.9 Å². The van der Waals surface area contributed by atoms with Gasteiger partial charge in [-0.25, -0.2) is 0 Å². The van der Waals surface area contributed by atoms with Crippen molar-refractivity contribution >= 4 is 17.5 Å². The van der Waals surface area contributed by atoms with E-state index in [0.29, 0.717) is 52.2 Å². The molecule has 37 heavy (non-hydrogen) atoms. The number of phenols is 1. The number of hydrogen-bond donors (Lipinski definition) is 2. The summed E-state index contributed by atoms with van der Waals surface area (Å²) in [4.78, 5) is 15.5. The van der Waals surface area contributed by atoms with Crippen molar-refractivity contribution in [2.24, 2.45) is 0 Å². The molecule has 0 saturated heterocycles. The molecule has 4 aromatic rings. The smallest absolute Gasteiger partial charge is 0.273 e. The van der Waals surface area contributed by atoms with Crippen LogP contribution in [-0.2, 0) is 6.54 Å². The fraction of sp³-hybridized carbons (Fsp3) is 0.241. The average Bonchev–Trinajstić information content (AvgIpc) is 3.39. The lowest BCUT2D eigenvalue weighted by atomic mass is 9.93. The van der Waals surface area contributed by atoms with Crippen molar-refractivity contribution in [2.45, 2.75) is 33.4 Å². The highest BCUT2D eigenvalue weighted by Gasteiger charge is 2.43. The maximum atomic E-state index is 13.8. The number of H-pyrrole nitrogens is 1. The number of phenolic OH excluding ortho intramolecular Hbond substituents is 1. The quantitative estimate of drug-likeness (QED) is 0.304. The maximum Gasteiger partial charge on any atom is 0.273 e. The molecule has 0 radical (unpaired) electrons. The van der Waals surface area contributed by atoms with Gasteiger partial charge in [0, 0.05) is 22.7 Å². The summed E-state index contributed by atoms with van der Waals surface area (Å²) in [5.41, 5.74) is 5.68. The van der Waals surface area contributed by atoms with Gasteiger partial charge in [0.25, 0.3) is 5.91 Å². The molecule has 2 heterocycles. The van der Waals surface area contributed by atoms with Crippen molar-refractivity contribution in [3.05, 3.63) is 93.1 Å². The third-order valence-electron chi connectivity index (χ3n) is 6.66. The number of aromatic hydroxyl groups is 1. The van der Waals surface area contributed by atoms with Crippen LogP contribution in [0, 0.1) is 13.8 Å². The first-order valence-electron chi connectivity index (χ1n) is 12.1. The molecule has 0 fully saturated rings. The predicted octanol–water partition coefficient (Wildman–Crippen LogP) is 6.21. The van der Waals surface area contributed by atoms with Gasteiger partial charge in [-0.15, -0.1) is 0 Å². The number of aromatic amines is 1. The summed E-state index contributed by atoms with van der Waals surface area (Å²) in [6.07, 6.45) is 0. The van der Waals surface area contributed by atoms with Crippen LogP contribution in [0.2, 0.25) is 5.02 Å². The zero-order valence-electron chi connectivity index (χ0n) is 21.1. The van der Waals surface area contributed by atoms with E-state index in [9.17, 15) is 9.90 Å². The Morgan fingerprint density at radius 1 is 1.11 bits per heavy atom. The third kappa shape index (κ3) is 4.29. The van der Waals surface area contributed by atoms with Crippen molar-refractivity contribution in [3.63, 3.8) is 0 Å². The van der Waals surface area contributed by atoms with Gasteiger partial charge in [-0.05, 0) is 67.3 Å². The van der Waals surface area contributed by atoms with Gasteiger partial charge in [0.15, 0.2) is 11.5 Å². The van der Waals surface area contributed by atoms with Gasteiger partial charge in [0.1, 0.15) is 17.1 Å². The number of hydrogen-bond acceptors (Lipinski definition) is 5. The van der Waals surface area contributed by atoms with Crippen LogP contribution in [0.4, 0.5) is 0 Å². The van der Waals surface area contributed by atoms with E-state index >= 15 is 0 Å². The molecular formula is C29H28ClN3O4. The lowest BCUT2D eigenvalue weighted by molar-refractivity contribution is 0.0730. The number of carbonyl (C=O) groups excluding carboxylic acids is 1. The molecule has 1 amide bonds. The van der Waals surface area contributed by atoms with Crippen LogP contribution in [0.15, 0.2) is 54.6 Å². The number of aryl methyl sites for hydroxylation is 2. The molecule has 5 rings (SSSR count). The van der Waals surface area contributed by atoms with Crippen LogP contribution < -0.4 is 9.47 Å². The minimum absolute atomic E-state index is 0.117. The Labute approximate surface area is 220 Å². The third-order valence-corrected chi connectivity index (χ3v) is 7.03. The van der Waals surface area contributed by atoms with E-state index in [4.69, 9.17) is 21.1 Å². The number of carbonyl (C=O) groups is 1. The Hall–Kier alpha value is -3.97. The molecule has 0 spiro atoms. The van der Waals surface area contributed by atoms with Gasteiger partial charge in [-0.2, -0.15) is 5.10 Å². The number of aromatic nitrogens is 2. The van der Waals surface area contributed by atoms with Crippen LogP contribution in [0.1, 0.15) is 51.3 Å². The largest absolute Gasteiger partial charge is 0.507 e. The summed E-state index contributed by atoms with van der Waals surface area (Å²) in [5, 5.41) is 19.0. The first kappa shape index (κ1) is 24.7. The number of fused-ring (bicyclic) bond motifs is 1. The minimum Gasteiger partial charge on any atom is -0.507 e. The van der Waals surface area contributed by atoms with Crippen LogP contribution >= 0.6 is 11.6 Å². The van der Waals surface area contributed by atoms with Gasteiger partial charge < -0.3 is 19.5 Å². The van der Waals surface area contributed by atoms with Crippen molar-refractivity contribution < 1.29 is 19.4 Å². The van der Waals surface area contributed by atoms with E-state index < -0.39 is 6.04 Å². The van der Waals surface area contributed by atoms with Crippen LogP contribution in [0.5, 0.6) is 17.2 Å². The number of halogens is 1. The lowest BCUT2D eigenvalue weighted by Crippen LogP contribution is -2.29. The molecule has 2 N–H and O–H groups in total. The van der Waals surface area contributed by atoms with Gasteiger partial charge in [0.05, 0.1) is 19.8 Å². The normalized spacial score (nSPS) is 14.7. The molecule has 1 unspecified atom stereocenters. The van der Waals surface area contributed by atoms with Crippen molar-refractivity contribution in [2.75, 3.05) is 13.7 Å². The molecule has 8 heteroatoms. The second-order valence-corrected chi connectivity index (χ2v) is 9.51. The summed E-state index contributed by atoms with van der Waals surface area (Å²) in [6.45, 7) is 6.55.